The number of piperidine rings is 1. The number of ether oxygens (including phenoxy) is 3. The van der Waals surface area contributed by atoms with Gasteiger partial charge in [-0.1, -0.05) is 26.8 Å². The molecule has 1 N–H and O–H groups in total. The predicted molar refractivity (Wildman–Crippen MR) is 135 cm³/mol. The molecule has 2 aliphatic heterocycles. The van der Waals surface area contributed by atoms with Crippen molar-refractivity contribution in [2.24, 2.45) is 22.7 Å². The van der Waals surface area contributed by atoms with E-state index in [4.69, 9.17) is 14.2 Å². The van der Waals surface area contributed by atoms with Gasteiger partial charge in [-0.15, -0.1) is 0 Å². The molecule has 35 heavy (non-hydrogen) atoms. The minimum atomic E-state index is -0.879. The van der Waals surface area contributed by atoms with E-state index in [0.29, 0.717) is 6.04 Å². The molecule has 8 rings (SSSR count). The first kappa shape index (κ1) is 22.9. The van der Waals surface area contributed by atoms with Crippen LogP contribution in [0, 0.1) is 22.7 Å². The van der Waals surface area contributed by atoms with Crippen molar-refractivity contribution in [3.63, 3.8) is 0 Å². The highest BCUT2D eigenvalue weighted by atomic mass is 16.6. The SMILES string of the molecule is COc1ccc2c3c1OC1[C@@]4(OC)CC[C@@]5(C[C@@H]4[C@@](C)(O)C(C)(C)C)C(C2)N(CC2CC2)CC[C@]315. The maximum Gasteiger partial charge on any atom is 0.165 e. The molecule has 1 aromatic carbocycles. The Labute approximate surface area is 210 Å². The Kier molecular flexibility index (Phi) is 4.42. The first-order valence-corrected chi connectivity index (χ1v) is 13.9. The lowest BCUT2D eigenvalue weighted by Gasteiger charge is -2.75. The van der Waals surface area contributed by atoms with Crippen LogP contribution < -0.4 is 9.47 Å². The Morgan fingerprint density at radius 1 is 1.11 bits per heavy atom. The number of aliphatic hydroxyl groups is 1. The van der Waals surface area contributed by atoms with Crippen LogP contribution in [0.4, 0.5) is 0 Å². The largest absolute Gasteiger partial charge is 0.493 e. The fraction of sp³-hybridized carbons (Fsp3) is 0.800. The van der Waals surface area contributed by atoms with Crippen LogP contribution in [-0.4, -0.2) is 60.7 Å². The van der Waals surface area contributed by atoms with Crippen LogP contribution in [0.15, 0.2) is 12.1 Å². The molecule has 1 aromatic rings. The average molecular weight is 482 g/mol. The van der Waals surface area contributed by atoms with E-state index in [1.165, 1.54) is 30.5 Å². The maximum atomic E-state index is 12.3. The number of fused-ring (bicyclic) bond motifs is 2. The van der Waals surface area contributed by atoms with Gasteiger partial charge in [-0.2, -0.15) is 0 Å². The van der Waals surface area contributed by atoms with Crippen molar-refractivity contribution < 1.29 is 19.3 Å². The van der Waals surface area contributed by atoms with Crippen molar-refractivity contribution in [2.45, 2.75) is 101 Å². The van der Waals surface area contributed by atoms with Gasteiger partial charge in [-0.05, 0) is 81.4 Å². The summed E-state index contributed by atoms with van der Waals surface area (Å²) in [5, 5.41) is 12.3. The quantitative estimate of drug-likeness (QED) is 0.660. The summed E-state index contributed by atoms with van der Waals surface area (Å²) in [4.78, 5) is 2.86. The standard InChI is InChI=1S/C30H43NO4/c1-26(2,3)27(4,32)21-16-28-11-12-30(21,34-6)25-29(28)13-14-31(17-18-7-8-18)22(28)15-19-9-10-20(33-5)24(35-25)23(19)29/h9-10,18,21-22,25,32H,7-8,11-17H2,1-6H3/t21-,22?,25?,27-,28-,29+,30-/m1/s1. The van der Waals surface area contributed by atoms with Gasteiger partial charge in [0, 0.05) is 42.0 Å². The molecular formula is C30H43NO4. The van der Waals surface area contributed by atoms with Gasteiger partial charge in [-0.25, -0.2) is 0 Å². The molecule has 1 saturated heterocycles. The smallest absolute Gasteiger partial charge is 0.165 e. The zero-order valence-electron chi connectivity index (χ0n) is 22.4. The molecular weight excluding hydrogens is 438 g/mol. The van der Waals surface area contributed by atoms with Gasteiger partial charge < -0.3 is 19.3 Å². The lowest BCUT2D eigenvalue weighted by Crippen LogP contribution is -2.83. The summed E-state index contributed by atoms with van der Waals surface area (Å²) in [5.74, 6) is 2.71. The highest BCUT2D eigenvalue weighted by Gasteiger charge is 2.82. The Bertz CT molecular complexity index is 1070. The Hall–Kier alpha value is -1.30. The second kappa shape index (κ2) is 6.76. The van der Waals surface area contributed by atoms with Crippen LogP contribution >= 0.6 is 0 Å². The summed E-state index contributed by atoms with van der Waals surface area (Å²) in [6.45, 7) is 11.0. The van der Waals surface area contributed by atoms with Gasteiger partial charge in [0.25, 0.3) is 0 Å². The number of rotatable bonds is 5. The second-order valence-electron chi connectivity index (χ2n) is 14.0. The van der Waals surface area contributed by atoms with E-state index in [-0.39, 0.29) is 28.3 Å². The fourth-order valence-corrected chi connectivity index (χ4v) is 9.73. The van der Waals surface area contributed by atoms with Crippen LogP contribution in [0.25, 0.3) is 0 Å². The van der Waals surface area contributed by atoms with Crippen LogP contribution in [0.1, 0.15) is 77.3 Å². The van der Waals surface area contributed by atoms with Crippen molar-refractivity contribution in [3.8, 4) is 11.5 Å². The highest BCUT2D eigenvalue weighted by molar-refractivity contribution is 5.63. The summed E-state index contributed by atoms with van der Waals surface area (Å²) in [6, 6.07) is 4.93. The van der Waals surface area contributed by atoms with Gasteiger partial charge >= 0.3 is 0 Å². The minimum absolute atomic E-state index is 0.0112. The molecule has 2 spiro atoms. The lowest BCUT2D eigenvalue weighted by atomic mass is 9.33. The number of hydrogen-bond acceptors (Lipinski definition) is 5. The molecule has 7 atom stereocenters. The maximum absolute atomic E-state index is 12.3. The summed E-state index contributed by atoms with van der Waals surface area (Å²) >= 11 is 0. The number of likely N-dealkylation sites (tertiary alicyclic amines) is 1. The highest BCUT2D eigenvalue weighted by Crippen LogP contribution is 2.78. The topological polar surface area (TPSA) is 51.2 Å². The van der Waals surface area contributed by atoms with E-state index in [0.717, 1.165) is 56.1 Å². The number of benzene rings is 1. The van der Waals surface area contributed by atoms with E-state index in [2.05, 4.69) is 44.7 Å². The minimum Gasteiger partial charge on any atom is -0.493 e. The zero-order valence-corrected chi connectivity index (χ0v) is 22.4. The first-order chi connectivity index (χ1) is 16.6. The summed E-state index contributed by atoms with van der Waals surface area (Å²) in [5.41, 5.74) is 1.26. The Morgan fingerprint density at radius 2 is 1.89 bits per heavy atom. The third kappa shape index (κ3) is 2.47. The van der Waals surface area contributed by atoms with Crippen LogP contribution in [0.3, 0.4) is 0 Å². The van der Waals surface area contributed by atoms with Crippen LogP contribution in [0.2, 0.25) is 0 Å². The summed E-state index contributed by atoms with van der Waals surface area (Å²) in [7, 11) is 3.63. The average Bonchev–Trinajstić information content (AvgIpc) is 3.56. The zero-order chi connectivity index (χ0) is 24.6. The van der Waals surface area contributed by atoms with E-state index < -0.39 is 11.2 Å². The number of hydrogen-bond donors (Lipinski definition) is 1. The van der Waals surface area contributed by atoms with Crippen molar-refractivity contribution in [3.05, 3.63) is 23.3 Å². The molecule has 5 fully saturated rings. The van der Waals surface area contributed by atoms with Gasteiger partial charge in [0.1, 0.15) is 11.7 Å². The number of methoxy groups -OCH3 is 2. The van der Waals surface area contributed by atoms with Crippen molar-refractivity contribution in [2.75, 3.05) is 27.3 Å². The molecule has 4 saturated carbocycles. The Balaban J connectivity index is 1.48. The molecule has 5 aliphatic carbocycles. The summed E-state index contributed by atoms with van der Waals surface area (Å²) < 4.78 is 19.6. The molecule has 7 aliphatic rings. The fourth-order valence-electron chi connectivity index (χ4n) is 9.73. The van der Waals surface area contributed by atoms with Gasteiger partial charge in [0.05, 0.1) is 12.7 Å². The van der Waals surface area contributed by atoms with Crippen molar-refractivity contribution >= 4 is 0 Å². The molecule has 0 amide bonds. The van der Waals surface area contributed by atoms with Gasteiger partial charge in [-0.3, -0.25) is 4.90 Å². The lowest BCUT2D eigenvalue weighted by molar-refractivity contribution is -0.312. The van der Waals surface area contributed by atoms with Crippen molar-refractivity contribution in [1.29, 1.82) is 0 Å². The first-order valence-electron chi connectivity index (χ1n) is 13.9. The molecule has 192 valence electrons. The van der Waals surface area contributed by atoms with E-state index >= 15 is 0 Å². The molecule has 4 bridgehead atoms. The molecule has 0 radical (unpaired) electrons. The molecule has 0 aromatic heterocycles. The normalized spacial score (nSPS) is 42.9. The Morgan fingerprint density at radius 3 is 2.54 bits per heavy atom. The predicted octanol–water partition coefficient (Wildman–Crippen LogP) is 4.72. The molecule has 2 unspecified atom stereocenters. The van der Waals surface area contributed by atoms with Crippen molar-refractivity contribution in [1.82, 2.24) is 4.90 Å². The molecule has 5 heteroatoms. The van der Waals surface area contributed by atoms with E-state index in [9.17, 15) is 5.11 Å². The van der Waals surface area contributed by atoms with E-state index in [1.54, 1.807) is 7.11 Å². The van der Waals surface area contributed by atoms with Crippen LogP contribution in [-0.2, 0) is 16.6 Å². The third-order valence-electron chi connectivity index (χ3n) is 12.1. The molecule has 2 heterocycles. The van der Waals surface area contributed by atoms with Gasteiger partial charge in [0.15, 0.2) is 11.5 Å². The van der Waals surface area contributed by atoms with Gasteiger partial charge in [0.2, 0.25) is 0 Å². The monoisotopic (exact) mass is 481 g/mol. The molecule has 5 nitrogen and oxygen atoms in total. The summed E-state index contributed by atoms with van der Waals surface area (Å²) in [6.07, 6.45) is 8.00. The van der Waals surface area contributed by atoms with Crippen LogP contribution in [0.5, 0.6) is 11.5 Å². The third-order valence-corrected chi connectivity index (χ3v) is 12.1. The van der Waals surface area contributed by atoms with E-state index in [1.807, 2.05) is 7.11 Å². The second-order valence-corrected chi connectivity index (χ2v) is 14.0. The number of nitrogens with zero attached hydrogens (tertiary/aromatic N) is 1.